The molecule has 0 atom stereocenters. The van der Waals surface area contributed by atoms with Crippen LogP contribution < -0.4 is 4.90 Å². The number of para-hydroxylation sites is 1. The summed E-state index contributed by atoms with van der Waals surface area (Å²) in [5, 5.41) is 0. The van der Waals surface area contributed by atoms with Crippen LogP contribution in [0.15, 0.2) is 42.5 Å². The lowest BCUT2D eigenvalue weighted by Gasteiger charge is -2.18. The minimum Gasteiger partial charge on any atom is -0.298 e. The monoisotopic (exact) mass is 269 g/mol. The molecule has 0 radical (unpaired) electrons. The van der Waals surface area contributed by atoms with E-state index in [0.29, 0.717) is 0 Å². The number of rotatable bonds is 2. The van der Waals surface area contributed by atoms with Crippen molar-refractivity contribution in [2.75, 3.05) is 4.90 Å². The highest BCUT2D eigenvalue weighted by atomic mass is 19.1. The molecule has 0 aliphatic carbocycles. The molecule has 3 rings (SSSR count). The Balaban J connectivity index is 2.06. The third-order valence-corrected chi connectivity index (χ3v) is 3.53. The van der Waals surface area contributed by atoms with Crippen LogP contribution in [0.25, 0.3) is 0 Å². The SMILES string of the molecule is Cc1ccccc1CN1C(=O)C(=O)c2cccc(F)c21. The fraction of sp³-hybridized carbons (Fsp3) is 0.125. The van der Waals surface area contributed by atoms with E-state index in [1.165, 1.54) is 23.1 Å². The highest BCUT2D eigenvalue weighted by molar-refractivity contribution is 6.52. The largest absolute Gasteiger partial charge is 0.299 e. The van der Waals surface area contributed by atoms with Gasteiger partial charge < -0.3 is 0 Å². The first-order valence-corrected chi connectivity index (χ1v) is 6.29. The number of anilines is 1. The molecule has 4 heteroatoms. The second kappa shape index (κ2) is 4.56. The van der Waals surface area contributed by atoms with Gasteiger partial charge >= 0.3 is 0 Å². The molecule has 0 spiro atoms. The molecular formula is C16H12FNO2. The van der Waals surface area contributed by atoms with Gasteiger partial charge in [0.1, 0.15) is 5.82 Å². The highest BCUT2D eigenvalue weighted by Crippen LogP contribution is 2.33. The van der Waals surface area contributed by atoms with Crippen LogP contribution in [-0.2, 0) is 11.3 Å². The zero-order valence-electron chi connectivity index (χ0n) is 10.9. The summed E-state index contributed by atoms with van der Waals surface area (Å²) in [6, 6.07) is 11.7. The van der Waals surface area contributed by atoms with Crippen molar-refractivity contribution in [2.24, 2.45) is 0 Å². The summed E-state index contributed by atoms with van der Waals surface area (Å²) in [6.07, 6.45) is 0. The highest BCUT2D eigenvalue weighted by Gasteiger charge is 2.37. The number of carbonyl (C=O) groups is 2. The van der Waals surface area contributed by atoms with Crippen molar-refractivity contribution in [3.8, 4) is 0 Å². The van der Waals surface area contributed by atoms with Gasteiger partial charge in [-0.15, -0.1) is 0 Å². The number of hydrogen-bond acceptors (Lipinski definition) is 2. The van der Waals surface area contributed by atoms with Crippen molar-refractivity contribution >= 4 is 17.4 Å². The van der Waals surface area contributed by atoms with Crippen molar-refractivity contribution in [3.63, 3.8) is 0 Å². The third-order valence-electron chi connectivity index (χ3n) is 3.53. The van der Waals surface area contributed by atoms with Gasteiger partial charge in [-0.3, -0.25) is 14.5 Å². The van der Waals surface area contributed by atoms with Crippen LogP contribution in [0.2, 0.25) is 0 Å². The van der Waals surface area contributed by atoms with E-state index in [2.05, 4.69) is 0 Å². The third kappa shape index (κ3) is 1.81. The van der Waals surface area contributed by atoms with Gasteiger partial charge in [0, 0.05) is 0 Å². The van der Waals surface area contributed by atoms with Crippen LogP contribution in [-0.4, -0.2) is 11.7 Å². The molecule has 2 aromatic rings. The molecule has 0 saturated carbocycles. The number of aryl methyl sites for hydroxylation is 1. The number of carbonyl (C=O) groups excluding carboxylic acids is 2. The van der Waals surface area contributed by atoms with E-state index in [9.17, 15) is 14.0 Å². The summed E-state index contributed by atoms with van der Waals surface area (Å²) in [4.78, 5) is 25.1. The molecule has 0 unspecified atom stereocenters. The minimum absolute atomic E-state index is 0.0887. The molecule has 0 aromatic heterocycles. The van der Waals surface area contributed by atoms with Crippen LogP contribution in [0.3, 0.4) is 0 Å². The van der Waals surface area contributed by atoms with Gasteiger partial charge in [0.05, 0.1) is 17.8 Å². The quantitative estimate of drug-likeness (QED) is 0.786. The molecule has 0 bridgehead atoms. The molecule has 0 fully saturated rings. The van der Waals surface area contributed by atoms with Crippen LogP contribution in [0.1, 0.15) is 21.5 Å². The summed E-state index contributed by atoms with van der Waals surface area (Å²) < 4.78 is 13.9. The predicted octanol–water partition coefficient (Wildman–Crippen LogP) is 2.86. The second-order valence-corrected chi connectivity index (χ2v) is 4.78. The van der Waals surface area contributed by atoms with Crippen LogP contribution in [0.4, 0.5) is 10.1 Å². The van der Waals surface area contributed by atoms with Gasteiger partial charge in [-0.2, -0.15) is 0 Å². The van der Waals surface area contributed by atoms with Crippen LogP contribution >= 0.6 is 0 Å². The maximum atomic E-state index is 13.9. The predicted molar refractivity (Wildman–Crippen MR) is 73.1 cm³/mol. The summed E-state index contributed by atoms with van der Waals surface area (Å²) in [7, 11) is 0. The summed E-state index contributed by atoms with van der Waals surface area (Å²) >= 11 is 0. The maximum absolute atomic E-state index is 13.9. The number of fused-ring (bicyclic) bond motifs is 1. The van der Waals surface area contributed by atoms with Gasteiger partial charge in [-0.1, -0.05) is 30.3 Å². The number of amides is 1. The minimum atomic E-state index is -0.673. The number of benzene rings is 2. The Morgan fingerprint density at radius 2 is 1.80 bits per heavy atom. The van der Waals surface area contributed by atoms with Gasteiger partial charge in [-0.05, 0) is 30.2 Å². The van der Waals surface area contributed by atoms with Crippen LogP contribution in [0.5, 0.6) is 0 Å². The lowest BCUT2D eigenvalue weighted by molar-refractivity contribution is -0.114. The van der Waals surface area contributed by atoms with E-state index in [1.807, 2.05) is 31.2 Å². The van der Waals surface area contributed by atoms with Crippen molar-refractivity contribution in [1.29, 1.82) is 0 Å². The van der Waals surface area contributed by atoms with E-state index in [4.69, 9.17) is 0 Å². The fourth-order valence-corrected chi connectivity index (χ4v) is 2.42. The van der Waals surface area contributed by atoms with E-state index in [1.54, 1.807) is 0 Å². The van der Waals surface area contributed by atoms with Gasteiger partial charge in [0.15, 0.2) is 0 Å². The molecule has 100 valence electrons. The Bertz CT molecular complexity index is 724. The maximum Gasteiger partial charge on any atom is 0.299 e. The van der Waals surface area contributed by atoms with E-state index in [-0.39, 0.29) is 17.8 Å². The molecule has 1 aliphatic rings. The number of nitrogens with zero attached hydrogens (tertiary/aromatic N) is 1. The smallest absolute Gasteiger partial charge is 0.298 e. The first kappa shape index (κ1) is 12.5. The molecular weight excluding hydrogens is 257 g/mol. The molecule has 1 heterocycles. The fourth-order valence-electron chi connectivity index (χ4n) is 2.42. The van der Waals surface area contributed by atoms with Gasteiger partial charge in [0.25, 0.3) is 11.7 Å². The Hall–Kier alpha value is -2.49. The lowest BCUT2D eigenvalue weighted by atomic mass is 10.1. The first-order valence-electron chi connectivity index (χ1n) is 6.29. The molecule has 1 amide bonds. The van der Waals surface area contributed by atoms with Crippen molar-refractivity contribution in [2.45, 2.75) is 13.5 Å². The molecule has 1 aliphatic heterocycles. The van der Waals surface area contributed by atoms with Crippen molar-refractivity contribution in [3.05, 3.63) is 65.0 Å². The molecule has 2 aromatic carbocycles. The molecule has 3 nitrogen and oxygen atoms in total. The Morgan fingerprint density at radius 1 is 1.05 bits per heavy atom. The standard InChI is InChI=1S/C16H12FNO2/c1-10-5-2-3-6-11(10)9-18-14-12(15(19)16(18)20)7-4-8-13(14)17/h2-8H,9H2,1H3. The van der Waals surface area contributed by atoms with Crippen molar-refractivity contribution in [1.82, 2.24) is 0 Å². The molecule has 20 heavy (non-hydrogen) atoms. The zero-order chi connectivity index (χ0) is 14.3. The first-order chi connectivity index (χ1) is 9.59. The van der Waals surface area contributed by atoms with E-state index in [0.717, 1.165) is 11.1 Å². The van der Waals surface area contributed by atoms with E-state index >= 15 is 0 Å². The number of halogens is 1. The average Bonchev–Trinajstić information content (AvgIpc) is 2.68. The Labute approximate surface area is 115 Å². The lowest BCUT2D eigenvalue weighted by Crippen LogP contribution is -2.29. The molecule has 0 N–H and O–H groups in total. The number of hydrogen-bond donors (Lipinski definition) is 0. The second-order valence-electron chi connectivity index (χ2n) is 4.78. The summed E-state index contributed by atoms with van der Waals surface area (Å²) in [5.41, 5.74) is 2.12. The Morgan fingerprint density at radius 3 is 2.55 bits per heavy atom. The topological polar surface area (TPSA) is 37.4 Å². The van der Waals surface area contributed by atoms with Gasteiger partial charge in [-0.25, -0.2) is 4.39 Å². The number of ketones is 1. The number of Topliss-reactive ketones (excluding diaryl/α,β-unsaturated/α-hetero) is 1. The summed E-state index contributed by atoms with van der Waals surface area (Å²) in [5.74, 6) is -1.86. The Kier molecular flexibility index (Phi) is 2.86. The average molecular weight is 269 g/mol. The van der Waals surface area contributed by atoms with Crippen molar-refractivity contribution < 1.29 is 14.0 Å². The zero-order valence-corrected chi connectivity index (χ0v) is 10.9. The normalized spacial score (nSPS) is 13.8. The van der Waals surface area contributed by atoms with Crippen LogP contribution in [0, 0.1) is 12.7 Å². The van der Waals surface area contributed by atoms with E-state index < -0.39 is 17.5 Å². The molecule has 0 saturated heterocycles. The van der Waals surface area contributed by atoms with Gasteiger partial charge in [0.2, 0.25) is 0 Å². The summed E-state index contributed by atoms with van der Waals surface area (Å²) in [6.45, 7) is 2.12.